The first kappa shape index (κ1) is 11.3. The quantitative estimate of drug-likeness (QED) is 0.839. The van der Waals surface area contributed by atoms with Crippen molar-refractivity contribution >= 4 is 11.7 Å². The summed E-state index contributed by atoms with van der Waals surface area (Å²) in [6.45, 7) is 5.67. The average molecular weight is 235 g/mol. The van der Waals surface area contributed by atoms with Crippen LogP contribution in [0.1, 0.15) is 42.0 Å². The summed E-state index contributed by atoms with van der Waals surface area (Å²) in [6.07, 6.45) is 0. The van der Waals surface area contributed by atoms with Gasteiger partial charge in [0, 0.05) is 12.0 Å². The van der Waals surface area contributed by atoms with E-state index in [0.29, 0.717) is 17.4 Å². The van der Waals surface area contributed by atoms with Gasteiger partial charge in [0.05, 0.1) is 0 Å². The van der Waals surface area contributed by atoms with Crippen LogP contribution in [0.2, 0.25) is 0 Å². The molecule has 0 bridgehead atoms. The Hall–Kier alpha value is -2.18. The molecule has 7 nitrogen and oxygen atoms in total. The summed E-state index contributed by atoms with van der Waals surface area (Å²) >= 11 is 0. The number of hydrogen-bond donors (Lipinski definition) is 2. The zero-order valence-corrected chi connectivity index (χ0v) is 9.81. The van der Waals surface area contributed by atoms with E-state index in [1.165, 1.54) is 0 Å². The number of carbonyl (C=O) groups is 1. The molecule has 2 rings (SSSR count). The monoisotopic (exact) mass is 235 g/mol. The molecule has 0 fully saturated rings. The van der Waals surface area contributed by atoms with Crippen molar-refractivity contribution in [2.45, 2.75) is 26.7 Å². The maximum atomic E-state index is 11.7. The third-order valence-corrected chi connectivity index (χ3v) is 2.12. The van der Waals surface area contributed by atoms with Crippen LogP contribution in [0.3, 0.4) is 0 Å². The average Bonchev–Trinajstić information content (AvgIpc) is 2.86. The predicted molar refractivity (Wildman–Crippen MR) is 59.7 cm³/mol. The molecule has 2 N–H and O–H groups in total. The van der Waals surface area contributed by atoms with Gasteiger partial charge in [0.1, 0.15) is 11.6 Å². The molecule has 0 aliphatic rings. The Morgan fingerprint density at radius 3 is 2.82 bits per heavy atom. The maximum Gasteiger partial charge on any atom is 0.296 e. The van der Waals surface area contributed by atoms with Gasteiger partial charge in [0.25, 0.3) is 5.91 Å². The molecule has 17 heavy (non-hydrogen) atoms. The standard InChI is InChI=1S/C10H13N5O2/c1-5(2)8-12-9(14-13-8)10(16)11-7-4-6(3)17-15-7/h4-5H,1-3H3,(H,11,15,16)(H,12,13,14). The Morgan fingerprint density at radius 2 is 2.29 bits per heavy atom. The van der Waals surface area contributed by atoms with Crippen molar-refractivity contribution in [3.8, 4) is 0 Å². The van der Waals surface area contributed by atoms with Crippen LogP contribution in [-0.2, 0) is 0 Å². The molecular weight excluding hydrogens is 222 g/mol. The second-order valence-electron chi connectivity index (χ2n) is 3.98. The summed E-state index contributed by atoms with van der Waals surface area (Å²) in [5.41, 5.74) is 0. The fourth-order valence-electron chi connectivity index (χ4n) is 1.23. The number of aromatic amines is 1. The lowest BCUT2D eigenvalue weighted by Crippen LogP contribution is -2.14. The van der Waals surface area contributed by atoms with E-state index in [4.69, 9.17) is 4.52 Å². The fourth-order valence-corrected chi connectivity index (χ4v) is 1.23. The summed E-state index contributed by atoms with van der Waals surface area (Å²) in [7, 11) is 0. The number of rotatable bonds is 3. The van der Waals surface area contributed by atoms with E-state index in [-0.39, 0.29) is 11.7 Å². The van der Waals surface area contributed by atoms with Gasteiger partial charge in [-0.05, 0) is 6.92 Å². The highest BCUT2D eigenvalue weighted by Gasteiger charge is 2.15. The van der Waals surface area contributed by atoms with Crippen molar-refractivity contribution < 1.29 is 9.32 Å². The van der Waals surface area contributed by atoms with Crippen molar-refractivity contribution in [3.63, 3.8) is 0 Å². The highest BCUT2D eigenvalue weighted by molar-refractivity contribution is 6.00. The van der Waals surface area contributed by atoms with Gasteiger partial charge in [0.15, 0.2) is 5.82 Å². The van der Waals surface area contributed by atoms with Gasteiger partial charge in [-0.25, -0.2) is 4.98 Å². The van der Waals surface area contributed by atoms with Crippen molar-refractivity contribution in [3.05, 3.63) is 23.5 Å². The fraction of sp³-hybridized carbons (Fsp3) is 0.400. The van der Waals surface area contributed by atoms with Crippen molar-refractivity contribution in [1.29, 1.82) is 0 Å². The van der Waals surface area contributed by atoms with Crippen LogP contribution in [0.25, 0.3) is 0 Å². The number of H-pyrrole nitrogens is 1. The number of aromatic nitrogens is 4. The Kier molecular flexibility index (Phi) is 2.90. The van der Waals surface area contributed by atoms with Crippen LogP contribution in [0, 0.1) is 6.92 Å². The Balaban J connectivity index is 2.09. The van der Waals surface area contributed by atoms with E-state index in [1.807, 2.05) is 13.8 Å². The second-order valence-corrected chi connectivity index (χ2v) is 3.98. The Labute approximate surface area is 97.6 Å². The van der Waals surface area contributed by atoms with Gasteiger partial charge in [0.2, 0.25) is 5.82 Å². The van der Waals surface area contributed by atoms with Crippen LogP contribution in [0.15, 0.2) is 10.6 Å². The molecule has 0 saturated heterocycles. The second kappa shape index (κ2) is 4.36. The Morgan fingerprint density at radius 1 is 1.53 bits per heavy atom. The highest BCUT2D eigenvalue weighted by Crippen LogP contribution is 2.10. The molecule has 0 atom stereocenters. The van der Waals surface area contributed by atoms with Crippen molar-refractivity contribution in [2.75, 3.05) is 5.32 Å². The lowest BCUT2D eigenvalue weighted by Gasteiger charge is -1.96. The first-order valence-corrected chi connectivity index (χ1v) is 5.23. The summed E-state index contributed by atoms with van der Waals surface area (Å²) in [6, 6.07) is 1.62. The molecule has 2 aromatic rings. The lowest BCUT2D eigenvalue weighted by molar-refractivity contribution is 0.101. The van der Waals surface area contributed by atoms with E-state index < -0.39 is 5.91 Å². The number of anilines is 1. The summed E-state index contributed by atoms with van der Waals surface area (Å²) < 4.78 is 4.83. The van der Waals surface area contributed by atoms with Crippen LogP contribution >= 0.6 is 0 Å². The normalized spacial score (nSPS) is 10.8. The smallest absolute Gasteiger partial charge is 0.296 e. The molecule has 90 valence electrons. The number of aryl methyl sites for hydroxylation is 1. The van der Waals surface area contributed by atoms with Crippen LogP contribution in [0.4, 0.5) is 5.82 Å². The van der Waals surface area contributed by atoms with E-state index in [0.717, 1.165) is 0 Å². The third-order valence-electron chi connectivity index (χ3n) is 2.12. The minimum Gasteiger partial charge on any atom is -0.360 e. The molecule has 0 saturated carbocycles. The molecular formula is C10H13N5O2. The molecule has 2 aromatic heterocycles. The van der Waals surface area contributed by atoms with E-state index in [1.54, 1.807) is 13.0 Å². The third kappa shape index (κ3) is 2.49. The minimum absolute atomic E-state index is 0.0920. The first-order chi connectivity index (χ1) is 8.06. The molecule has 0 aliphatic heterocycles. The van der Waals surface area contributed by atoms with E-state index in [9.17, 15) is 4.79 Å². The first-order valence-electron chi connectivity index (χ1n) is 5.23. The summed E-state index contributed by atoms with van der Waals surface area (Å²) in [5.74, 6) is 1.52. The predicted octanol–water partition coefficient (Wildman–Crippen LogP) is 1.48. The largest absolute Gasteiger partial charge is 0.360 e. The van der Waals surface area contributed by atoms with Gasteiger partial charge < -0.3 is 9.84 Å². The zero-order chi connectivity index (χ0) is 12.4. The van der Waals surface area contributed by atoms with Crippen molar-refractivity contribution in [2.24, 2.45) is 0 Å². The molecule has 0 unspecified atom stereocenters. The Bertz CT molecular complexity index is 528. The number of carbonyl (C=O) groups excluding carboxylic acids is 1. The van der Waals surface area contributed by atoms with E-state index in [2.05, 4.69) is 25.7 Å². The maximum absolute atomic E-state index is 11.7. The van der Waals surface area contributed by atoms with Gasteiger partial charge in [-0.3, -0.25) is 9.89 Å². The van der Waals surface area contributed by atoms with Gasteiger partial charge in [-0.1, -0.05) is 19.0 Å². The molecule has 2 heterocycles. The highest BCUT2D eigenvalue weighted by atomic mass is 16.5. The number of nitrogens with zero attached hydrogens (tertiary/aromatic N) is 3. The molecule has 0 radical (unpaired) electrons. The number of nitrogens with one attached hydrogen (secondary N) is 2. The molecule has 1 amide bonds. The number of hydrogen-bond acceptors (Lipinski definition) is 5. The van der Waals surface area contributed by atoms with Gasteiger partial charge >= 0.3 is 0 Å². The van der Waals surface area contributed by atoms with Crippen LogP contribution < -0.4 is 5.32 Å². The SMILES string of the molecule is Cc1cc(NC(=O)c2n[nH]c(C(C)C)n2)no1. The minimum atomic E-state index is -0.415. The van der Waals surface area contributed by atoms with Crippen LogP contribution in [0.5, 0.6) is 0 Å². The summed E-state index contributed by atoms with van der Waals surface area (Å²) in [4.78, 5) is 15.8. The zero-order valence-electron chi connectivity index (χ0n) is 9.81. The molecule has 0 spiro atoms. The van der Waals surface area contributed by atoms with Crippen molar-refractivity contribution in [1.82, 2.24) is 20.3 Å². The topological polar surface area (TPSA) is 96.7 Å². The van der Waals surface area contributed by atoms with Gasteiger partial charge in [-0.15, -0.1) is 5.10 Å². The number of amides is 1. The van der Waals surface area contributed by atoms with Gasteiger partial charge in [-0.2, -0.15) is 0 Å². The lowest BCUT2D eigenvalue weighted by atomic mass is 10.2. The molecule has 0 aromatic carbocycles. The molecule has 7 heteroatoms. The van der Waals surface area contributed by atoms with Crippen LogP contribution in [-0.4, -0.2) is 26.2 Å². The molecule has 0 aliphatic carbocycles. The summed E-state index contributed by atoms with van der Waals surface area (Å²) in [5, 5.41) is 12.7. The van der Waals surface area contributed by atoms with E-state index >= 15 is 0 Å².